The van der Waals surface area contributed by atoms with Crippen molar-refractivity contribution in [3.63, 3.8) is 0 Å². The third-order valence-corrected chi connectivity index (χ3v) is 2.54. The number of methoxy groups -OCH3 is 5. The summed E-state index contributed by atoms with van der Waals surface area (Å²) in [6, 6.07) is 0. The van der Waals surface area contributed by atoms with E-state index in [0.717, 1.165) is 0 Å². The van der Waals surface area contributed by atoms with E-state index in [-0.39, 0.29) is 6.10 Å². The number of hydrogen-bond donors (Lipinski definition) is 0. The molecule has 0 aromatic rings. The average molecular weight is 192 g/mol. The predicted octanol–water partition coefficient (Wildman–Crippen LogP) is -0.00680. The normalized spacial score (nSPS) is 24.7. The molecular formula is C8H16O5. The lowest BCUT2D eigenvalue weighted by Crippen LogP contribution is -2.32. The van der Waals surface area contributed by atoms with Crippen LogP contribution in [0.5, 0.6) is 0 Å². The van der Waals surface area contributed by atoms with Crippen molar-refractivity contribution in [2.45, 2.75) is 17.7 Å². The van der Waals surface area contributed by atoms with Crippen molar-refractivity contribution >= 4 is 0 Å². The van der Waals surface area contributed by atoms with Crippen molar-refractivity contribution < 1.29 is 23.7 Å². The minimum atomic E-state index is -0.953. The zero-order valence-electron chi connectivity index (χ0n) is 8.62. The Morgan fingerprint density at radius 2 is 1.00 bits per heavy atom. The molecule has 1 aliphatic carbocycles. The molecule has 0 unspecified atom stereocenters. The summed E-state index contributed by atoms with van der Waals surface area (Å²) in [5.74, 6) is -1.91. The molecule has 0 bridgehead atoms. The first-order valence-corrected chi connectivity index (χ1v) is 3.92. The van der Waals surface area contributed by atoms with Gasteiger partial charge in [-0.25, -0.2) is 0 Å². The van der Waals surface area contributed by atoms with E-state index in [1.54, 1.807) is 7.11 Å². The summed E-state index contributed by atoms with van der Waals surface area (Å²) in [4.78, 5) is 0. The second-order valence-corrected chi connectivity index (χ2v) is 2.77. The van der Waals surface area contributed by atoms with Crippen molar-refractivity contribution in [1.82, 2.24) is 0 Å². The van der Waals surface area contributed by atoms with Gasteiger partial charge in [0, 0.05) is 35.5 Å². The van der Waals surface area contributed by atoms with Crippen LogP contribution in [0.25, 0.3) is 0 Å². The van der Waals surface area contributed by atoms with Gasteiger partial charge in [-0.3, -0.25) is 0 Å². The highest BCUT2D eigenvalue weighted by Gasteiger charge is 2.84. The Morgan fingerprint density at radius 1 is 0.692 bits per heavy atom. The summed E-state index contributed by atoms with van der Waals surface area (Å²) in [6.07, 6.45) is -0.370. The standard InChI is InChI=1S/C8H16O5/c1-9-6-7(10-2,11-3)8(6,12-4)13-5/h6H,1-5H3. The van der Waals surface area contributed by atoms with Crippen LogP contribution in [0.1, 0.15) is 0 Å². The van der Waals surface area contributed by atoms with E-state index in [4.69, 9.17) is 23.7 Å². The van der Waals surface area contributed by atoms with Gasteiger partial charge >= 0.3 is 0 Å². The van der Waals surface area contributed by atoms with Crippen LogP contribution in [-0.4, -0.2) is 53.2 Å². The monoisotopic (exact) mass is 192 g/mol. The van der Waals surface area contributed by atoms with Gasteiger partial charge in [0.25, 0.3) is 11.6 Å². The minimum absolute atomic E-state index is 0.370. The molecule has 5 nitrogen and oxygen atoms in total. The molecule has 0 amide bonds. The first-order valence-electron chi connectivity index (χ1n) is 3.92. The second-order valence-electron chi connectivity index (χ2n) is 2.77. The lowest BCUT2D eigenvalue weighted by molar-refractivity contribution is -0.254. The Morgan fingerprint density at radius 3 is 1.08 bits per heavy atom. The molecule has 0 spiro atoms. The van der Waals surface area contributed by atoms with E-state index in [1.165, 1.54) is 28.4 Å². The summed E-state index contributed by atoms with van der Waals surface area (Å²) in [5, 5.41) is 0. The summed E-state index contributed by atoms with van der Waals surface area (Å²) in [7, 11) is 7.65. The third kappa shape index (κ3) is 1.05. The molecule has 0 N–H and O–H groups in total. The van der Waals surface area contributed by atoms with Crippen LogP contribution in [0.3, 0.4) is 0 Å². The van der Waals surface area contributed by atoms with E-state index in [0.29, 0.717) is 0 Å². The van der Waals surface area contributed by atoms with Crippen molar-refractivity contribution in [3.8, 4) is 0 Å². The zero-order chi connectivity index (χ0) is 10.1. The van der Waals surface area contributed by atoms with E-state index in [2.05, 4.69) is 0 Å². The molecule has 1 saturated carbocycles. The van der Waals surface area contributed by atoms with Gasteiger partial charge in [-0.1, -0.05) is 0 Å². The predicted molar refractivity (Wildman–Crippen MR) is 44.3 cm³/mol. The van der Waals surface area contributed by atoms with Gasteiger partial charge < -0.3 is 23.7 Å². The Kier molecular flexibility index (Phi) is 2.94. The molecule has 78 valence electrons. The fourth-order valence-corrected chi connectivity index (χ4v) is 1.82. The van der Waals surface area contributed by atoms with E-state index >= 15 is 0 Å². The molecule has 0 saturated heterocycles. The van der Waals surface area contributed by atoms with Crippen LogP contribution in [-0.2, 0) is 23.7 Å². The lowest BCUT2D eigenvalue weighted by Gasteiger charge is -2.18. The first kappa shape index (κ1) is 10.9. The number of hydrogen-bond acceptors (Lipinski definition) is 5. The molecule has 5 heteroatoms. The SMILES string of the molecule is COC1C(OC)(OC)C1(OC)OC. The Hall–Kier alpha value is -0.200. The lowest BCUT2D eigenvalue weighted by atomic mass is 10.6. The zero-order valence-corrected chi connectivity index (χ0v) is 8.62. The fourth-order valence-electron chi connectivity index (χ4n) is 1.82. The molecule has 1 rings (SSSR count). The summed E-state index contributed by atoms with van der Waals surface area (Å²) >= 11 is 0. The van der Waals surface area contributed by atoms with Gasteiger partial charge in [-0.05, 0) is 0 Å². The highest BCUT2D eigenvalue weighted by atomic mass is 16.8. The topological polar surface area (TPSA) is 46.2 Å². The number of rotatable bonds is 5. The van der Waals surface area contributed by atoms with Gasteiger partial charge in [-0.15, -0.1) is 0 Å². The summed E-state index contributed by atoms with van der Waals surface area (Å²) in [6.45, 7) is 0. The Bertz CT molecular complexity index is 155. The van der Waals surface area contributed by atoms with E-state index in [9.17, 15) is 0 Å². The maximum Gasteiger partial charge on any atom is 0.259 e. The molecule has 0 aromatic carbocycles. The van der Waals surface area contributed by atoms with Crippen LogP contribution in [0.4, 0.5) is 0 Å². The van der Waals surface area contributed by atoms with Gasteiger partial charge in [0.1, 0.15) is 0 Å². The quantitative estimate of drug-likeness (QED) is 0.573. The van der Waals surface area contributed by atoms with Crippen molar-refractivity contribution in [1.29, 1.82) is 0 Å². The van der Waals surface area contributed by atoms with E-state index < -0.39 is 11.6 Å². The third-order valence-electron chi connectivity index (χ3n) is 2.54. The van der Waals surface area contributed by atoms with Gasteiger partial charge in [0.15, 0.2) is 6.10 Å². The van der Waals surface area contributed by atoms with E-state index in [1.807, 2.05) is 0 Å². The van der Waals surface area contributed by atoms with Gasteiger partial charge in [0.2, 0.25) is 0 Å². The highest BCUT2D eigenvalue weighted by molar-refractivity contribution is 5.19. The smallest absolute Gasteiger partial charge is 0.259 e. The summed E-state index contributed by atoms with van der Waals surface area (Å²) in [5.41, 5.74) is 0. The van der Waals surface area contributed by atoms with Crippen LogP contribution in [0.15, 0.2) is 0 Å². The van der Waals surface area contributed by atoms with Crippen molar-refractivity contribution in [2.24, 2.45) is 0 Å². The molecule has 0 aliphatic heterocycles. The Labute approximate surface area is 77.9 Å². The van der Waals surface area contributed by atoms with Crippen molar-refractivity contribution in [2.75, 3.05) is 35.5 Å². The molecule has 1 aliphatic rings. The van der Waals surface area contributed by atoms with Gasteiger partial charge in [-0.2, -0.15) is 0 Å². The second kappa shape index (κ2) is 3.51. The molecule has 1 fully saturated rings. The van der Waals surface area contributed by atoms with Crippen LogP contribution >= 0.6 is 0 Å². The molecular weight excluding hydrogens is 176 g/mol. The molecule has 13 heavy (non-hydrogen) atoms. The average Bonchev–Trinajstić information content (AvgIpc) is 2.79. The summed E-state index contributed by atoms with van der Waals surface area (Å²) < 4.78 is 26.0. The van der Waals surface area contributed by atoms with Crippen LogP contribution in [0.2, 0.25) is 0 Å². The van der Waals surface area contributed by atoms with Gasteiger partial charge in [0.05, 0.1) is 0 Å². The Balaban J connectivity index is 2.87. The van der Waals surface area contributed by atoms with Crippen LogP contribution in [0, 0.1) is 0 Å². The maximum absolute atomic E-state index is 5.20. The fraction of sp³-hybridized carbons (Fsp3) is 1.00. The molecule has 0 atom stereocenters. The maximum atomic E-state index is 5.20. The molecule has 0 heterocycles. The van der Waals surface area contributed by atoms with Crippen LogP contribution < -0.4 is 0 Å². The molecule has 0 aromatic heterocycles. The first-order chi connectivity index (χ1) is 6.19. The number of ether oxygens (including phenoxy) is 5. The minimum Gasteiger partial charge on any atom is -0.370 e. The largest absolute Gasteiger partial charge is 0.370 e. The van der Waals surface area contributed by atoms with Crippen molar-refractivity contribution in [3.05, 3.63) is 0 Å². The highest BCUT2D eigenvalue weighted by Crippen LogP contribution is 2.55. The molecule has 0 radical (unpaired) electrons.